The van der Waals surface area contributed by atoms with E-state index in [2.05, 4.69) is 4.72 Å². The minimum Gasteiger partial charge on any atom is -0.478 e. The predicted octanol–water partition coefficient (Wildman–Crippen LogP) is 1.47. The van der Waals surface area contributed by atoms with Gasteiger partial charge in [0.1, 0.15) is 5.25 Å². The zero-order valence-electron chi connectivity index (χ0n) is 11.0. The first kappa shape index (κ1) is 15.5. The van der Waals surface area contributed by atoms with Gasteiger partial charge in [0, 0.05) is 12.8 Å². The first-order valence-corrected chi connectivity index (χ1v) is 7.17. The molecule has 1 rings (SSSR count). The molecule has 106 valence electrons. The van der Waals surface area contributed by atoms with Crippen LogP contribution in [0.1, 0.15) is 22.8 Å². The molecule has 2 N–H and O–H groups in total. The molecule has 0 amide bonds. The average molecular weight is 287 g/mol. The molecule has 1 atom stereocenters. The van der Waals surface area contributed by atoms with Crippen molar-refractivity contribution in [2.45, 2.75) is 19.1 Å². The third-order valence-electron chi connectivity index (χ3n) is 2.65. The lowest BCUT2D eigenvalue weighted by atomic mass is 10.1. The summed E-state index contributed by atoms with van der Waals surface area (Å²) in [7, 11) is -2.12. The van der Waals surface area contributed by atoms with Gasteiger partial charge in [-0.1, -0.05) is 0 Å². The summed E-state index contributed by atoms with van der Waals surface area (Å²) in [6, 6.07) is 4.28. The van der Waals surface area contributed by atoms with Gasteiger partial charge in [-0.05, 0) is 37.6 Å². The van der Waals surface area contributed by atoms with Gasteiger partial charge in [0.05, 0.1) is 12.2 Å². The van der Waals surface area contributed by atoms with E-state index in [4.69, 9.17) is 9.84 Å². The maximum Gasteiger partial charge on any atom is 0.335 e. The Morgan fingerprint density at radius 3 is 2.58 bits per heavy atom. The highest BCUT2D eigenvalue weighted by atomic mass is 32.2. The van der Waals surface area contributed by atoms with Crippen molar-refractivity contribution in [3.8, 4) is 0 Å². The normalized spacial score (nSPS) is 13.0. The summed E-state index contributed by atoms with van der Waals surface area (Å²) >= 11 is 0. The molecule has 7 heteroatoms. The molecular formula is C12H17NO5S. The van der Waals surface area contributed by atoms with Crippen molar-refractivity contribution in [2.24, 2.45) is 0 Å². The van der Waals surface area contributed by atoms with Gasteiger partial charge in [-0.2, -0.15) is 0 Å². The monoisotopic (exact) mass is 287 g/mol. The van der Waals surface area contributed by atoms with Crippen molar-refractivity contribution >= 4 is 21.7 Å². The highest BCUT2D eigenvalue weighted by molar-refractivity contribution is 7.93. The standard InChI is InChI=1S/C12H17NO5S/c1-8-6-10(4-5-11(8)12(14)15)13-19(16,17)9(2)7-18-3/h4-6,9,13H,7H2,1-3H3,(H,14,15). The fourth-order valence-corrected chi connectivity index (χ4v) is 2.53. The van der Waals surface area contributed by atoms with Crippen LogP contribution in [0.25, 0.3) is 0 Å². The lowest BCUT2D eigenvalue weighted by Crippen LogP contribution is -2.29. The van der Waals surface area contributed by atoms with Gasteiger partial charge < -0.3 is 9.84 Å². The number of aromatic carboxylic acids is 1. The molecule has 0 heterocycles. The Bertz CT molecular complexity index is 567. The molecule has 0 radical (unpaired) electrons. The predicted molar refractivity (Wildman–Crippen MR) is 72.0 cm³/mol. The SMILES string of the molecule is COCC(C)S(=O)(=O)Nc1ccc(C(=O)O)c(C)c1. The molecule has 1 aromatic carbocycles. The molecule has 0 aliphatic carbocycles. The summed E-state index contributed by atoms with van der Waals surface area (Å²) in [5, 5.41) is 8.19. The maximum absolute atomic E-state index is 11.9. The minimum atomic E-state index is -3.55. The van der Waals surface area contributed by atoms with Gasteiger partial charge in [0.15, 0.2) is 0 Å². The van der Waals surface area contributed by atoms with Crippen LogP contribution in [0.15, 0.2) is 18.2 Å². The number of hydrogen-bond acceptors (Lipinski definition) is 4. The van der Waals surface area contributed by atoms with Crippen LogP contribution in [-0.2, 0) is 14.8 Å². The van der Waals surface area contributed by atoms with E-state index in [0.29, 0.717) is 11.3 Å². The van der Waals surface area contributed by atoms with Gasteiger partial charge in [0.25, 0.3) is 0 Å². The van der Waals surface area contributed by atoms with Crippen LogP contribution in [-0.4, -0.2) is 38.5 Å². The highest BCUT2D eigenvalue weighted by Crippen LogP contribution is 2.17. The van der Waals surface area contributed by atoms with Crippen molar-refractivity contribution in [3.63, 3.8) is 0 Å². The molecule has 0 fully saturated rings. The van der Waals surface area contributed by atoms with E-state index in [9.17, 15) is 13.2 Å². The molecular weight excluding hydrogens is 270 g/mol. The number of carboxylic acid groups (broad SMARTS) is 1. The number of carboxylic acids is 1. The topological polar surface area (TPSA) is 92.7 Å². The maximum atomic E-state index is 11.9. The van der Waals surface area contributed by atoms with E-state index in [1.165, 1.54) is 32.2 Å². The van der Waals surface area contributed by atoms with Gasteiger partial charge in [-0.25, -0.2) is 13.2 Å². The van der Waals surface area contributed by atoms with Crippen molar-refractivity contribution < 1.29 is 23.1 Å². The Morgan fingerprint density at radius 2 is 2.11 bits per heavy atom. The molecule has 0 aliphatic heterocycles. The Balaban J connectivity index is 2.95. The van der Waals surface area contributed by atoms with Gasteiger partial charge in [0.2, 0.25) is 10.0 Å². The lowest BCUT2D eigenvalue weighted by Gasteiger charge is -2.14. The second kappa shape index (κ2) is 6.03. The van der Waals surface area contributed by atoms with Crippen LogP contribution in [0, 0.1) is 6.92 Å². The van der Waals surface area contributed by atoms with Crippen molar-refractivity contribution in [1.82, 2.24) is 0 Å². The molecule has 1 aromatic rings. The Kier molecular flexibility index (Phi) is 4.90. The largest absolute Gasteiger partial charge is 0.478 e. The third kappa shape index (κ3) is 3.93. The van der Waals surface area contributed by atoms with Crippen LogP contribution >= 0.6 is 0 Å². The molecule has 0 bridgehead atoms. The first-order valence-electron chi connectivity index (χ1n) is 5.62. The van der Waals surface area contributed by atoms with E-state index in [-0.39, 0.29) is 12.2 Å². The first-order chi connectivity index (χ1) is 8.77. The molecule has 0 aromatic heterocycles. The van der Waals surface area contributed by atoms with E-state index in [0.717, 1.165) is 0 Å². The highest BCUT2D eigenvalue weighted by Gasteiger charge is 2.20. The Labute approximate surface area is 112 Å². The number of anilines is 1. The molecule has 0 saturated heterocycles. The number of aryl methyl sites for hydroxylation is 1. The fraction of sp³-hybridized carbons (Fsp3) is 0.417. The van der Waals surface area contributed by atoms with Crippen LogP contribution < -0.4 is 4.72 Å². The fourth-order valence-electron chi connectivity index (χ4n) is 1.56. The number of sulfonamides is 1. The van der Waals surface area contributed by atoms with E-state index < -0.39 is 21.2 Å². The number of methoxy groups -OCH3 is 1. The minimum absolute atomic E-state index is 0.0848. The van der Waals surface area contributed by atoms with Crippen LogP contribution in [0.4, 0.5) is 5.69 Å². The second-order valence-electron chi connectivity index (χ2n) is 4.25. The van der Waals surface area contributed by atoms with Gasteiger partial charge in [-0.3, -0.25) is 4.72 Å². The second-order valence-corrected chi connectivity index (χ2v) is 6.35. The third-order valence-corrected chi connectivity index (χ3v) is 4.36. The van der Waals surface area contributed by atoms with Crippen LogP contribution in [0.2, 0.25) is 0 Å². The molecule has 6 nitrogen and oxygen atoms in total. The van der Waals surface area contributed by atoms with Gasteiger partial charge >= 0.3 is 5.97 Å². The van der Waals surface area contributed by atoms with Crippen LogP contribution in [0.3, 0.4) is 0 Å². The Morgan fingerprint density at radius 1 is 1.47 bits per heavy atom. The number of carbonyl (C=O) groups is 1. The number of benzene rings is 1. The average Bonchev–Trinajstić information content (AvgIpc) is 2.28. The quantitative estimate of drug-likeness (QED) is 0.826. The summed E-state index contributed by atoms with van der Waals surface area (Å²) in [5.74, 6) is -1.04. The van der Waals surface area contributed by atoms with Crippen molar-refractivity contribution in [1.29, 1.82) is 0 Å². The summed E-state index contributed by atoms with van der Waals surface area (Å²) < 4.78 is 31.0. The number of ether oxygens (including phenoxy) is 1. The van der Waals surface area contributed by atoms with Gasteiger partial charge in [-0.15, -0.1) is 0 Å². The smallest absolute Gasteiger partial charge is 0.335 e. The summed E-state index contributed by atoms with van der Waals surface area (Å²) in [6.07, 6.45) is 0. The molecule has 1 unspecified atom stereocenters. The van der Waals surface area contributed by atoms with Crippen LogP contribution in [0.5, 0.6) is 0 Å². The number of hydrogen-bond donors (Lipinski definition) is 2. The summed E-state index contributed by atoms with van der Waals surface area (Å²) in [5.41, 5.74) is 0.977. The summed E-state index contributed by atoms with van der Waals surface area (Å²) in [6.45, 7) is 3.23. The van der Waals surface area contributed by atoms with E-state index >= 15 is 0 Å². The molecule has 0 aliphatic rings. The molecule has 19 heavy (non-hydrogen) atoms. The number of rotatable bonds is 6. The zero-order chi connectivity index (χ0) is 14.6. The van der Waals surface area contributed by atoms with E-state index in [1.807, 2.05) is 0 Å². The zero-order valence-corrected chi connectivity index (χ0v) is 11.8. The lowest BCUT2D eigenvalue weighted by molar-refractivity contribution is 0.0696. The number of nitrogens with one attached hydrogen (secondary N) is 1. The van der Waals surface area contributed by atoms with Crippen molar-refractivity contribution in [2.75, 3.05) is 18.4 Å². The Hall–Kier alpha value is -1.60. The van der Waals surface area contributed by atoms with E-state index in [1.54, 1.807) is 6.92 Å². The van der Waals surface area contributed by atoms with Crippen molar-refractivity contribution in [3.05, 3.63) is 29.3 Å². The summed E-state index contributed by atoms with van der Waals surface area (Å²) in [4.78, 5) is 10.9. The molecule has 0 saturated carbocycles. The molecule has 0 spiro atoms.